The molecule has 0 bridgehead atoms. The summed E-state index contributed by atoms with van der Waals surface area (Å²) < 4.78 is 0.336. The van der Waals surface area contributed by atoms with Gasteiger partial charge in [-0.2, -0.15) is 10.1 Å². The first-order chi connectivity index (χ1) is 7.09. The van der Waals surface area contributed by atoms with E-state index in [2.05, 4.69) is 25.8 Å². The molecular formula is C8H13N5OS. The van der Waals surface area contributed by atoms with E-state index in [9.17, 15) is 4.79 Å². The van der Waals surface area contributed by atoms with Gasteiger partial charge in [-0.3, -0.25) is 9.89 Å². The largest absolute Gasteiger partial charge is 0.367 e. The number of aryl methyl sites for hydroxylation is 1. The minimum Gasteiger partial charge on any atom is -0.367 e. The summed E-state index contributed by atoms with van der Waals surface area (Å²) in [5.41, 5.74) is 0.742. The highest BCUT2D eigenvalue weighted by molar-refractivity contribution is 7.71. The third-order valence-electron chi connectivity index (χ3n) is 1.67. The maximum absolute atomic E-state index is 10.6. The van der Waals surface area contributed by atoms with Crippen LogP contribution in [0.5, 0.6) is 0 Å². The number of carbonyl (C=O) groups excluding carboxylic acids is 1. The van der Waals surface area contributed by atoms with E-state index in [0.29, 0.717) is 23.7 Å². The molecule has 15 heavy (non-hydrogen) atoms. The Morgan fingerprint density at radius 3 is 2.93 bits per heavy atom. The predicted molar refractivity (Wildman–Crippen MR) is 59.1 cm³/mol. The molecule has 3 N–H and O–H groups in total. The number of aromatic nitrogens is 3. The molecule has 0 radical (unpaired) electrons. The summed E-state index contributed by atoms with van der Waals surface area (Å²) in [6, 6.07) is 0. The van der Waals surface area contributed by atoms with Crippen molar-refractivity contribution >= 4 is 23.9 Å². The second-order valence-electron chi connectivity index (χ2n) is 2.98. The Labute approximate surface area is 92.5 Å². The zero-order chi connectivity index (χ0) is 11.3. The van der Waals surface area contributed by atoms with E-state index in [1.165, 1.54) is 6.92 Å². The number of hydrogen-bond donors (Lipinski definition) is 3. The van der Waals surface area contributed by atoms with E-state index in [-0.39, 0.29) is 5.91 Å². The Balaban J connectivity index is 2.47. The molecule has 0 unspecified atom stereocenters. The van der Waals surface area contributed by atoms with Crippen LogP contribution in [0.1, 0.15) is 12.6 Å². The molecule has 0 aliphatic rings. The second kappa shape index (κ2) is 5.40. The maximum Gasteiger partial charge on any atom is 0.216 e. The van der Waals surface area contributed by atoms with Crippen molar-refractivity contribution in [3.8, 4) is 0 Å². The highest BCUT2D eigenvalue weighted by Gasteiger charge is 1.99. The van der Waals surface area contributed by atoms with Crippen LogP contribution < -0.4 is 10.6 Å². The zero-order valence-electron chi connectivity index (χ0n) is 8.63. The Hall–Kier alpha value is -1.50. The standard InChI is InChI=1S/C8H13N5OS/c1-5-7(11-8(15)13-12-5)10-4-3-9-6(2)14/h3-4H2,1-2H3,(H,9,14)(H2,10,11,13,15). The number of anilines is 1. The maximum atomic E-state index is 10.6. The Bertz CT molecular complexity index is 402. The van der Waals surface area contributed by atoms with Gasteiger partial charge in [0.05, 0.1) is 5.69 Å². The van der Waals surface area contributed by atoms with Gasteiger partial charge in [0, 0.05) is 20.0 Å². The van der Waals surface area contributed by atoms with E-state index < -0.39 is 0 Å². The molecule has 1 rings (SSSR count). The predicted octanol–water partition coefficient (Wildman–Crippen LogP) is 0.391. The van der Waals surface area contributed by atoms with Crippen molar-refractivity contribution in [2.45, 2.75) is 13.8 Å². The molecular weight excluding hydrogens is 214 g/mol. The average molecular weight is 227 g/mol. The highest BCUT2D eigenvalue weighted by Crippen LogP contribution is 2.04. The normalized spacial score (nSPS) is 9.73. The summed E-state index contributed by atoms with van der Waals surface area (Å²) in [4.78, 5) is 14.6. The number of aromatic amines is 1. The number of rotatable bonds is 4. The number of amides is 1. The van der Waals surface area contributed by atoms with E-state index in [4.69, 9.17) is 12.2 Å². The molecule has 1 aromatic rings. The van der Waals surface area contributed by atoms with Crippen molar-refractivity contribution in [2.24, 2.45) is 0 Å². The third kappa shape index (κ3) is 4.03. The van der Waals surface area contributed by atoms with Gasteiger partial charge in [-0.15, -0.1) is 0 Å². The molecule has 7 heteroatoms. The van der Waals surface area contributed by atoms with Crippen LogP contribution in [-0.2, 0) is 4.79 Å². The zero-order valence-corrected chi connectivity index (χ0v) is 9.44. The summed E-state index contributed by atoms with van der Waals surface area (Å²) in [6.45, 7) is 4.43. The molecule has 1 heterocycles. The molecule has 0 aromatic carbocycles. The lowest BCUT2D eigenvalue weighted by atomic mass is 10.4. The molecule has 0 spiro atoms. The van der Waals surface area contributed by atoms with Gasteiger partial charge in [-0.05, 0) is 19.1 Å². The highest BCUT2D eigenvalue weighted by atomic mass is 32.1. The monoisotopic (exact) mass is 227 g/mol. The van der Waals surface area contributed by atoms with Gasteiger partial charge in [-0.1, -0.05) is 0 Å². The Morgan fingerprint density at radius 2 is 2.27 bits per heavy atom. The summed E-state index contributed by atoms with van der Waals surface area (Å²) in [5.74, 6) is 0.592. The van der Waals surface area contributed by atoms with Crippen LogP contribution in [0.4, 0.5) is 5.82 Å². The van der Waals surface area contributed by atoms with Crippen molar-refractivity contribution in [1.29, 1.82) is 0 Å². The summed E-state index contributed by atoms with van der Waals surface area (Å²) in [7, 11) is 0. The SMILES string of the molecule is CC(=O)NCCNc1nc(=S)[nH]nc1C. The van der Waals surface area contributed by atoms with Crippen LogP contribution in [-0.4, -0.2) is 34.2 Å². The lowest BCUT2D eigenvalue weighted by molar-refractivity contribution is -0.118. The number of nitrogens with zero attached hydrogens (tertiary/aromatic N) is 2. The van der Waals surface area contributed by atoms with Crippen LogP contribution in [0.25, 0.3) is 0 Å². The van der Waals surface area contributed by atoms with Crippen molar-refractivity contribution in [2.75, 3.05) is 18.4 Å². The first-order valence-corrected chi connectivity index (χ1v) is 4.92. The molecule has 0 fully saturated rings. The van der Waals surface area contributed by atoms with Gasteiger partial charge in [0.2, 0.25) is 10.7 Å². The lowest BCUT2D eigenvalue weighted by Gasteiger charge is -2.07. The topological polar surface area (TPSA) is 82.7 Å². The number of H-pyrrole nitrogens is 1. The third-order valence-corrected chi connectivity index (χ3v) is 1.85. The molecule has 1 aromatic heterocycles. The molecule has 0 saturated carbocycles. The molecule has 0 aliphatic carbocycles. The number of hydrogen-bond acceptors (Lipinski definition) is 5. The Kier molecular flexibility index (Phi) is 4.17. The van der Waals surface area contributed by atoms with E-state index in [0.717, 1.165) is 5.69 Å². The van der Waals surface area contributed by atoms with Gasteiger partial charge in [0.15, 0.2) is 5.82 Å². The van der Waals surface area contributed by atoms with Crippen LogP contribution >= 0.6 is 12.2 Å². The fourth-order valence-electron chi connectivity index (χ4n) is 0.979. The molecule has 0 saturated heterocycles. The van der Waals surface area contributed by atoms with E-state index in [1.54, 1.807) is 0 Å². The van der Waals surface area contributed by atoms with E-state index in [1.807, 2.05) is 6.92 Å². The molecule has 0 aliphatic heterocycles. The van der Waals surface area contributed by atoms with Crippen LogP contribution in [0, 0.1) is 11.7 Å². The minimum absolute atomic E-state index is 0.0510. The number of carbonyl (C=O) groups is 1. The van der Waals surface area contributed by atoms with E-state index >= 15 is 0 Å². The van der Waals surface area contributed by atoms with Gasteiger partial charge in [0.25, 0.3) is 0 Å². The van der Waals surface area contributed by atoms with Gasteiger partial charge in [0.1, 0.15) is 0 Å². The molecule has 82 valence electrons. The smallest absolute Gasteiger partial charge is 0.216 e. The first kappa shape index (κ1) is 11.6. The van der Waals surface area contributed by atoms with Crippen molar-refractivity contribution in [3.05, 3.63) is 10.5 Å². The number of nitrogens with one attached hydrogen (secondary N) is 3. The van der Waals surface area contributed by atoms with Crippen molar-refractivity contribution < 1.29 is 4.79 Å². The fourth-order valence-corrected chi connectivity index (χ4v) is 1.12. The minimum atomic E-state index is -0.0510. The summed E-state index contributed by atoms with van der Waals surface area (Å²) in [5, 5.41) is 12.2. The van der Waals surface area contributed by atoms with Gasteiger partial charge >= 0.3 is 0 Å². The van der Waals surface area contributed by atoms with Gasteiger partial charge in [-0.25, -0.2) is 0 Å². The van der Waals surface area contributed by atoms with Gasteiger partial charge < -0.3 is 10.6 Å². The fraction of sp³-hybridized carbons (Fsp3) is 0.500. The Morgan fingerprint density at radius 1 is 1.53 bits per heavy atom. The van der Waals surface area contributed by atoms with Crippen LogP contribution in [0.3, 0.4) is 0 Å². The van der Waals surface area contributed by atoms with Crippen molar-refractivity contribution in [3.63, 3.8) is 0 Å². The van der Waals surface area contributed by atoms with Crippen molar-refractivity contribution in [1.82, 2.24) is 20.5 Å². The first-order valence-electron chi connectivity index (χ1n) is 4.51. The second-order valence-corrected chi connectivity index (χ2v) is 3.37. The van der Waals surface area contributed by atoms with Crippen LogP contribution in [0.2, 0.25) is 0 Å². The quantitative estimate of drug-likeness (QED) is 0.512. The summed E-state index contributed by atoms with van der Waals surface area (Å²) >= 11 is 4.84. The average Bonchev–Trinajstić information content (AvgIpc) is 2.17. The molecule has 0 atom stereocenters. The summed E-state index contributed by atoms with van der Waals surface area (Å²) in [6.07, 6.45) is 0. The molecule has 1 amide bonds. The molecule has 6 nitrogen and oxygen atoms in total. The van der Waals surface area contributed by atoms with Crippen LogP contribution in [0.15, 0.2) is 0 Å². The lowest BCUT2D eigenvalue weighted by Crippen LogP contribution is -2.26.